The molecule has 0 heterocycles. The largest absolute Gasteiger partial charge is 0.335 e. The van der Waals surface area contributed by atoms with Gasteiger partial charge in [0.2, 0.25) is 0 Å². The molecule has 0 aliphatic carbocycles. The number of oxime groups is 1. The van der Waals surface area contributed by atoms with Crippen LogP contribution in [0.4, 0.5) is 4.39 Å². The summed E-state index contributed by atoms with van der Waals surface area (Å²) in [4.78, 5) is 16.5. The Hall–Kier alpha value is -2.49. The lowest BCUT2D eigenvalue weighted by Gasteiger charge is -2.02. The van der Waals surface area contributed by atoms with E-state index in [1.165, 1.54) is 12.1 Å². The maximum absolute atomic E-state index is 12.8. The van der Waals surface area contributed by atoms with Gasteiger partial charge in [-0.15, -0.1) is 0 Å². The minimum absolute atomic E-state index is 0.268. The van der Waals surface area contributed by atoms with Gasteiger partial charge in [-0.3, -0.25) is 0 Å². The SMILES string of the molecule is CC(=NOC(=O)CCc1ccccc1)c1ccc(F)cc1. The summed E-state index contributed by atoms with van der Waals surface area (Å²) in [5, 5.41) is 3.78. The topological polar surface area (TPSA) is 38.7 Å². The molecule has 2 aromatic carbocycles. The smallest absolute Gasteiger partial charge is 0.318 e. The van der Waals surface area contributed by atoms with Gasteiger partial charge in [0.25, 0.3) is 0 Å². The third-order valence-electron chi connectivity index (χ3n) is 3.01. The maximum atomic E-state index is 12.8. The molecule has 0 N–H and O–H groups in total. The average molecular weight is 285 g/mol. The lowest BCUT2D eigenvalue weighted by atomic mass is 10.1. The summed E-state index contributed by atoms with van der Waals surface area (Å²) in [6.45, 7) is 1.71. The molecule has 0 amide bonds. The molecule has 21 heavy (non-hydrogen) atoms. The Kier molecular flexibility index (Phi) is 5.21. The van der Waals surface area contributed by atoms with Gasteiger partial charge in [0.05, 0.1) is 12.1 Å². The van der Waals surface area contributed by atoms with Crippen LogP contribution in [0.1, 0.15) is 24.5 Å². The van der Waals surface area contributed by atoms with Crippen molar-refractivity contribution < 1.29 is 14.0 Å². The molecule has 3 nitrogen and oxygen atoms in total. The van der Waals surface area contributed by atoms with Crippen LogP contribution in [0.5, 0.6) is 0 Å². The monoisotopic (exact) mass is 285 g/mol. The first-order valence-electron chi connectivity index (χ1n) is 6.69. The maximum Gasteiger partial charge on any atom is 0.335 e. The van der Waals surface area contributed by atoms with Crippen molar-refractivity contribution in [2.75, 3.05) is 0 Å². The van der Waals surface area contributed by atoms with Gasteiger partial charge in [-0.05, 0) is 36.6 Å². The molecular formula is C17H16FNO2. The molecule has 0 bridgehead atoms. The van der Waals surface area contributed by atoms with Gasteiger partial charge in [-0.2, -0.15) is 0 Å². The van der Waals surface area contributed by atoms with Crippen LogP contribution >= 0.6 is 0 Å². The number of carbonyl (C=O) groups excluding carboxylic acids is 1. The zero-order valence-corrected chi connectivity index (χ0v) is 11.8. The lowest BCUT2D eigenvalue weighted by Crippen LogP contribution is -2.04. The van der Waals surface area contributed by atoms with Crippen molar-refractivity contribution in [3.63, 3.8) is 0 Å². The van der Waals surface area contributed by atoms with E-state index in [0.29, 0.717) is 17.7 Å². The van der Waals surface area contributed by atoms with Gasteiger partial charge in [0, 0.05) is 0 Å². The van der Waals surface area contributed by atoms with E-state index < -0.39 is 0 Å². The van der Waals surface area contributed by atoms with Gasteiger partial charge in [-0.25, -0.2) is 9.18 Å². The van der Waals surface area contributed by atoms with E-state index in [4.69, 9.17) is 4.84 Å². The second-order valence-electron chi connectivity index (χ2n) is 4.63. The van der Waals surface area contributed by atoms with Crippen LogP contribution < -0.4 is 0 Å². The summed E-state index contributed by atoms with van der Waals surface area (Å²) in [5.74, 6) is -0.702. The normalized spacial score (nSPS) is 11.2. The van der Waals surface area contributed by atoms with Crippen LogP contribution in [0.2, 0.25) is 0 Å². The van der Waals surface area contributed by atoms with Crippen molar-refractivity contribution in [1.82, 2.24) is 0 Å². The number of hydrogen-bond donors (Lipinski definition) is 0. The van der Waals surface area contributed by atoms with E-state index in [1.807, 2.05) is 30.3 Å². The molecule has 2 rings (SSSR count). The Balaban J connectivity index is 1.85. The van der Waals surface area contributed by atoms with Crippen molar-refractivity contribution in [3.05, 3.63) is 71.5 Å². The summed E-state index contributed by atoms with van der Waals surface area (Å²) in [6.07, 6.45) is 0.884. The number of carbonyl (C=O) groups is 1. The number of hydrogen-bond acceptors (Lipinski definition) is 3. The highest BCUT2D eigenvalue weighted by atomic mass is 19.1. The van der Waals surface area contributed by atoms with Crippen LogP contribution in [0.3, 0.4) is 0 Å². The highest BCUT2D eigenvalue weighted by Gasteiger charge is 2.05. The second-order valence-corrected chi connectivity index (χ2v) is 4.63. The molecule has 0 radical (unpaired) electrons. The van der Waals surface area contributed by atoms with Gasteiger partial charge < -0.3 is 4.84 Å². The van der Waals surface area contributed by atoms with Crippen LogP contribution in [-0.2, 0) is 16.1 Å². The van der Waals surface area contributed by atoms with E-state index in [1.54, 1.807) is 19.1 Å². The first-order valence-corrected chi connectivity index (χ1v) is 6.69. The Labute approximate surface area is 123 Å². The molecule has 0 fully saturated rings. The fraction of sp³-hybridized carbons (Fsp3) is 0.176. The number of aryl methyl sites for hydroxylation is 1. The lowest BCUT2D eigenvalue weighted by molar-refractivity contribution is -0.143. The number of halogens is 1. The fourth-order valence-corrected chi connectivity index (χ4v) is 1.80. The molecule has 0 aliphatic heterocycles. The van der Waals surface area contributed by atoms with Gasteiger partial charge in [0.1, 0.15) is 5.82 Å². The summed E-state index contributed by atoms with van der Waals surface area (Å²) < 4.78 is 12.8. The highest BCUT2D eigenvalue weighted by Crippen LogP contribution is 2.06. The number of rotatable bonds is 5. The van der Waals surface area contributed by atoms with E-state index in [-0.39, 0.29) is 18.2 Å². The predicted octanol–water partition coefficient (Wildman–Crippen LogP) is 3.73. The minimum Gasteiger partial charge on any atom is -0.318 e. The molecule has 0 aliphatic rings. The van der Waals surface area contributed by atoms with Crippen molar-refractivity contribution in [2.24, 2.45) is 5.16 Å². The van der Waals surface area contributed by atoms with Crippen molar-refractivity contribution in [1.29, 1.82) is 0 Å². The van der Waals surface area contributed by atoms with E-state index in [0.717, 1.165) is 5.56 Å². The Morgan fingerprint density at radius 1 is 1.10 bits per heavy atom. The predicted molar refractivity (Wildman–Crippen MR) is 79.5 cm³/mol. The summed E-state index contributed by atoms with van der Waals surface area (Å²) in [6, 6.07) is 15.6. The summed E-state index contributed by atoms with van der Waals surface area (Å²) in [5.41, 5.74) is 2.32. The fourth-order valence-electron chi connectivity index (χ4n) is 1.80. The zero-order chi connectivity index (χ0) is 15.1. The molecule has 108 valence electrons. The van der Waals surface area contributed by atoms with Crippen LogP contribution in [-0.4, -0.2) is 11.7 Å². The molecule has 2 aromatic rings. The number of benzene rings is 2. The van der Waals surface area contributed by atoms with Gasteiger partial charge in [0.15, 0.2) is 0 Å². The van der Waals surface area contributed by atoms with Crippen molar-refractivity contribution in [2.45, 2.75) is 19.8 Å². The Morgan fingerprint density at radius 2 is 1.76 bits per heavy atom. The highest BCUT2D eigenvalue weighted by molar-refractivity contribution is 5.98. The van der Waals surface area contributed by atoms with E-state index >= 15 is 0 Å². The standard InChI is InChI=1S/C17H16FNO2/c1-13(15-8-10-16(18)11-9-15)19-21-17(20)12-7-14-5-3-2-4-6-14/h2-6,8-11H,7,12H2,1H3. The van der Waals surface area contributed by atoms with Gasteiger partial charge in [-0.1, -0.05) is 47.6 Å². The van der Waals surface area contributed by atoms with E-state index in [2.05, 4.69) is 5.16 Å². The molecule has 0 saturated carbocycles. The minimum atomic E-state index is -0.389. The van der Waals surface area contributed by atoms with Crippen molar-refractivity contribution >= 4 is 11.7 Å². The second kappa shape index (κ2) is 7.33. The molecule has 0 unspecified atom stereocenters. The molecule has 0 aromatic heterocycles. The average Bonchev–Trinajstić information content (AvgIpc) is 2.52. The first kappa shape index (κ1) is 14.9. The molecule has 4 heteroatoms. The Morgan fingerprint density at radius 3 is 2.43 bits per heavy atom. The summed E-state index contributed by atoms with van der Waals surface area (Å²) in [7, 11) is 0. The quantitative estimate of drug-likeness (QED) is 0.477. The third-order valence-corrected chi connectivity index (χ3v) is 3.01. The molecule has 0 saturated heterocycles. The van der Waals surface area contributed by atoms with Crippen LogP contribution in [0.25, 0.3) is 0 Å². The zero-order valence-electron chi connectivity index (χ0n) is 11.8. The molecule has 0 atom stereocenters. The van der Waals surface area contributed by atoms with Gasteiger partial charge >= 0.3 is 5.97 Å². The molecule has 0 spiro atoms. The van der Waals surface area contributed by atoms with Crippen LogP contribution in [0.15, 0.2) is 59.8 Å². The first-order chi connectivity index (χ1) is 10.1. The van der Waals surface area contributed by atoms with E-state index in [9.17, 15) is 9.18 Å². The Bertz CT molecular complexity index is 621. The molecular weight excluding hydrogens is 269 g/mol. The summed E-state index contributed by atoms with van der Waals surface area (Å²) >= 11 is 0. The third kappa shape index (κ3) is 4.84. The van der Waals surface area contributed by atoms with Crippen molar-refractivity contribution in [3.8, 4) is 0 Å². The number of nitrogens with zero attached hydrogens (tertiary/aromatic N) is 1. The van der Waals surface area contributed by atoms with Crippen LogP contribution in [0, 0.1) is 5.82 Å².